The lowest BCUT2D eigenvalue weighted by atomic mass is 10.1. The Kier molecular flexibility index (Phi) is 11.4. The first kappa shape index (κ1) is 38.1. The molecule has 0 saturated carbocycles. The summed E-state index contributed by atoms with van der Waals surface area (Å²) in [4.78, 5) is 41.0. The number of fused-ring (bicyclic) bond motifs is 2. The fourth-order valence-corrected chi connectivity index (χ4v) is 11.5. The van der Waals surface area contributed by atoms with E-state index in [1.165, 1.54) is 24.6 Å². The van der Waals surface area contributed by atoms with Gasteiger partial charge in [-0.25, -0.2) is 19.6 Å². The third-order valence-corrected chi connectivity index (χ3v) is 14.5. The monoisotopic (exact) mass is 749 g/mol. The van der Waals surface area contributed by atoms with Crippen LogP contribution >= 0.6 is 0 Å². The molecule has 3 heterocycles. The number of aryl methyl sites for hydroxylation is 1. The van der Waals surface area contributed by atoms with E-state index in [0.29, 0.717) is 65.6 Å². The van der Waals surface area contributed by atoms with Crippen LogP contribution in [0.4, 0.5) is 16.6 Å². The minimum atomic E-state index is -2.81. The van der Waals surface area contributed by atoms with E-state index >= 15 is 0 Å². The molecule has 1 N–H and O–H groups in total. The van der Waals surface area contributed by atoms with Gasteiger partial charge < -0.3 is 23.2 Å². The molecule has 54 heavy (non-hydrogen) atoms. The van der Waals surface area contributed by atoms with E-state index in [1.54, 1.807) is 23.9 Å². The fraction of sp³-hybridized carbons (Fsp3) is 0.350. The number of hydrogen-bond acceptors (Lipinski definition) is 11. The van der Waals surface area contributed by atoms with Crippen LogP contribution in [0.5, 0.6) is 0 Å². The molecular formula is C40H47N7O6Si. The summed E-state index contributed by atoms with van der Waals surface area (Å²) in [5.74, 6) is 0.569. The molecule has 6 rings (SSSR count). The number of carbonyl (C=O) groups is 2. The molecule has 0 bridgehead atoms. The molecule has 3 aromatic heterocycles. The number of amides is 1. The Labute approximate surface area is 315 Å². The van der Waals surface area contributed by atoms with Crippen LogP contribution in [0.15, 0.2) is 83.4 Å². The van der Waals surface area contributed by atoms with Gasteiger partial charge in [0.2, 0.25) is 5.95 Å². The summed E-state index contributed by atoms with van der Waals surface area (Å²) in [5.41, 5.74) is 3.06. The van der Waals surface area contributed by atoms with E-state index in [9.17, 15) is 9.59 Å². The average Bonchev–Trinajstić information content (AvgIpc) is 3.77. The zero-order chi connectivity index (χ0) is 38.5. The molecule has 0 atom stereocenters. The van der Waals surface area contributed by atoms with Gasteiger partial charge in [-0.15, -0.1) is 0 Å². The third-order valence-electron chi connectivity index (χ3n) is 9.44. The molecule has 0 radical (unpaired) electrons. The van der Waals surface area contributed by atoms with Gasteiger partial charge in [-0.3, -0.25) is 10.00 Å². The predicted molar refractivity (Wildman–Crippen MR) is 211 cm³/mol. The first-order valence-electron chi connectivity index (χ1n) is 18.1. The zero-order valence-electron chi connectivity index (χ0n) is 31.9. The summed E-state index contributed by atoms with van der Waals surface area (Å²) in [6.45, 7) is 12.5. The molecule has 0 aliphatic carbocycles. The van der Waals surface area contributed by atoms with Gasteiger partial charge in [-0.1, -0.05) is 101 Å². The Morgan fingerprint density at radius 2 is 1.57 bits per heavy atom. The quantitative estimate of drug-likeness (QED) is 0.0966. The molecule has 3 aromatic carbocycles. The largest absolute Gasteiger partial charge is 0.465 e. The standard InChI is InChI=1S/C40H47N7O6Si/c1-8-9-22-46(23-24-52-54(40(3,4)5,29-16-12-10-13-17-29)30-18-14-11-15-19-30)36-34-32(42-38(43-36)44-39(49)51-7)26-47(45-34)25-28-20-21-31(37(48)50-6)35-33(28)41-27(2)53-35/h10-21,26H,8-9,22-25H2,1-7H3,(H,42,44,49). The number of nitrogens with one attached hydrogen (secondary N) is 1. The number of methoxy groups -OCH3 is 2. The summed E-state index contributed by atoms with van der Waals surface area (Å²) >= 11 is 0. The van der Waals surface area contributed by atoms with Crippen LogP contribution in [0.1, 0.15) is 62.3 Å². The van der Waals surface area contributed by atoms with Crippen molar-refractivity contribution in [3.8, 4) is 0 Å². The lowest BCUT2D eigenvalue weighted by Gasteiger charge is -2.43. The number of aromatic nitrogens is 5. The van der Waals surface area contributed by atoms with Gasteiger partial charge in [-0.2, -0.15) is 10.1 Å². The number of unbranched alkanes of at least 4 members (excludes halogenated alkanes) is 1. The predicted octanol–water partition coefficient (Wildman–Crippen LogP) is 6.47. The van der Waals surface area contributed by atoms with Crippen molar-refractivity contribution in [1.82, 2.24) is 24.7 Å². The number of rotatable bonds is 14. The van der Waals surface area contributed by atoms with Crippen LogP contribution in [0.2, 0.25) is 5.04 Å². The van der Waals surface area contributed by atoms with Crippen LogP contribution in [-0.2, 0) is 20.4 Å². The molecule has 6 aromatic rings. The fourth-order valence-electron chi connectivity index (χ4n) is 6.93. The minimum absolute atomic E-state index is 0.0928. The molecule has 0 saturated heterocycles. The lowest BCUT2D eigenvalue weighted by molar-refractivity contribution is 0.0601. The molecule has 1 amide bonds. The number of benzene rings is 3. The summed E-state index contributed by atoms with van der Waals surface area (Å²) in [5, 5.41) is 9.84. The van der Waals surface area contributed by atoms with Crippen molar-refractivity contribution in [2.45, 2.75) is 59.0 Å². The molecule has 282 valence electrons. The Balaban J connectivity index is 1.39. The first-order valence-corrected chi connectivity index (χ1v) is 20.0. The second-order valence-corrected chi connectivity index (χ2v) is 18.4. The third kappa shape index (κ3) is 7.71. The van der Waals surface area contributed by atoms with Gasteiger partial charge in [0, 0.05) is 25.6 Å². The molecule has 0 spiro atoms. The van der Waals surface area contributed by atoms with E-state index in [1.807, 2.05) is 18.2 Å². The highest BCUT2D eigenvalue weighted by atomic mass is 28.4. The summed E-state index contributed by atoms with van der Waals surface area (Å²) in [6.07, 6.45) is 2.96. The van der Waals surface area contributed by atoms with Crippen LogP contribution in [0, 0.1) is 6.92 Å². The van der Waals surface area contributed by atoms with E-state index in [4.69, 9.17) is 28.4 Å². The Hall–Kier alpha value is -5.60. The first-order chi connectivity index (χ1) is 26.0. The summed E-state index contributed by atoms with van der Waals surface area (Å²) in [6, 6.07) is 24.6. The second-order valence-electron chi connectivity index (χ2n) is 14.1. The van der Waals surface area contributed by atoms with Gasteiger partial charge in [-0.05, 0) is 27.9 Å². The molecule has 14 heteroatoms. The molecule has 0 aliphatic rings. The molecular weight excluding hydrogens is 703 g/mol. The number of esters is 1. The minimum Gasteiger partial charge on any atom is -0.465 e. The van der Waals surface area contributed by atoms with E-state index in [0.717, 1.165) is 18.4 Å². The number of ether oxygens (including phenoxy) is 2. The average molecular weight is 750 g/mol. The number of hydrogen-bond donors (Lipinski definition) is 1. The molecule has 0 unspecified atom stereocenters. The van der Waals surface area contributed by atoms with Crippen LogP contribution in [0.3, 0.4) is 0 Å². The van der Waals surface area contributed by atoms with Crippen molar-refractivity contribution in [2.24, 2.45) is 0 Å². The molecule has 13 nitrogen and oxygen atoms in total. The summed E-state index contributed by atoms with van der Waals surface area (Å²) in [7, 11) is -0.189. The van der Waals surface area contributed by atoms with E-state index in [-0.39, 0.29) is 11.0 Å². The maximum absolute atomic E-state index is 12.5. The Bertz CT molecular complexity index is 2190. The van der Waals surface area contributed by atoms with Crippen molar-refractivity contribution in [2.75, 3.05) is 44.1 Å². The topological polar surface area (TPSA) is 147 Å². The highest BCUT2D eigenvalue weighted by Crippen LogP contribution is 2.37. The van der Waals surface area contributed by atoms with Crippen molar-refractivity contribution < 1.29 is 27.9 Å². The Morgan fingerprint density at radius 1 is 0.889 bits per heavy atom. The van der Waals surface area contributed by atoms with Gasteiger partial charge in [0.15, 0.2) is 22.8 Å². The number of anilines is 2. The normalized spacial score (nSPS) is 11.9. The highest BCUT2D eigenvalue weighted by molar-refractivity contribution is 6.99. The molecule has 0 fully saturated rings. The second kappa shape index (κ2) is 16.2. The number of carbonyl (C=O) groups excluding carboxylic acids is 2. The van der Waals surface area contributed by atoms with Crippen LogP contribution in [-0.4, -0.2) is 79.0 Å². The van der Waals surface area contributed by atoms with Crippen molar-refractivity contribution in [1.29, 1.82) is 0 Å². The SMILES string of the molecule is CCCCN(CCO[Si](c1ccccc1)(c1ccccc1)C(C)(C)C)c1nc(NC(=O)OC)nc2cn(Cc3ccc(C(=O)OC)c4oc(C)nc34)nc12. The highest BCUT2D eigenvalue weighted by Gasteiger charge is 2.50. The van der Waals surface area contributed by atoms with Gasteiger partial charge in [0.1, 0.15) is 16.6 Å². The smallest absolute Gasteiger partial charge is 0.413 e. The summed E-state index contributed by atoms with van der Waals surface area (Å²) < 4.78 is 24.7. The number of nitrogens with zero attached hydrogens (tertiary/aromatic N) is 6. The van der Waals surface area contributed by atoms with Gasteiger partial charge >= 0.3 is 12.1 Å². The lowest BCUT2D eigenvalue weighted by Crippen LogP contribution is -2.67. The van der Waals surface area contributed by atoms with Crippen molar-refractivity contribution >= 4 is 64.7 Å². The van der Waals surface area contributed by atoms with Crippen LogP contribution in [0.25, 0.3) is 22.1 Å². The number of oxazole rings is 1. The maximum atomic E-state index is 12.5. The van der Waals surface area contributed by atoms with Gasteiger partial charge in [0.25, 0.3) is 8.32 Å². The van der Waals surface area contributed by atoms with Crippen LogP contribution < -0.4 is 20.6 Å². The molecule has 0 aliphatic heterocycles. The van der Waals surface area contributed by atoms with E-state index in [2.05, 4.69) is 96.4 Å². The van der Waals surface area contributed by atoms with Crippen molar-refractivity contribution in [3.63, 3.8) is 0 Å². The maximum Gasteiger partial charge on any atom is 0.413 e. The zero-order valence-corrected chi connectivity index (χ0v) is 32.9. The van der Waals surface area contributed by atoms with Crippen molar-refractivity contribution in [3.05, 3.63) is 96.0 Å². The van der Waals surface area contributed by atoms with E-state index < -0.39 is 20.4 Å². The van der Waals surface area contributed by atoms with Gasteiger partial charge in [0.05, 0.1) is 33.6 Å². The Morgan fingerprint density at radius 3 is 2.19 bits per heavy atom.